The van der Waals surface area contributed by atoms with Gasteiger partial charge in [0.2, 0.25) is 5.95 Å². The summed E-state index contributed by atoms with van der Waals surface area (Å²) in [6.45, 7) is 3.81. The number of aromatic nitrogens is 4. The molecule has 3 aromatic rings. The zero-order chi connectivity index (χ0) is 23.2. The van der Waals surface area contributed by atoms with Crippen LogP contribution in [0.3, 0.4) is 0 Å². The van der Waals surface area contributed by atoms with E-state index in [9.17, 15) is 4.79 Å². The number of anilines is 1. The van der Waals surface area contributed by atoms with E-state index in [4.69, 9.17) is 22.1 Å². The van der Waals surface area contributed by atoms with Crippen LogP contribution in [0.5, 0.6) is 0 Å². The minimum Gasteiger partial charge on any atom is -0.381 e. The number of benzene rings is 1. The molecule has 1 aliphatic heterocycles. The molecular formula is C23H28ClN7O2. The first-order valence-corrected chi connectivity index (χ1v) is 11.4. The maximum Gasteiger partial charge on any atom is 0.271 e. The largest absolute Gasteiger partial charge is 0.381 e. The molecule has 1 atom stereocenters. The Balaban J connectivity index is 1.49. The molecule has 0 unspecified atom stereocenters. The Morgan fingerprint density at radius 1 is 1.33 bits per heavy atom. The van der Waals surface area contributed by atoms with E-state index in [2.05, 4.69) is 25.6 Å². The van der Waals surface area contributed by atoms with Crippen LogP contribution in [-0.2, 0) is 4.74 Å². The van der Waals surface area contributed by atoms with Crippen LogP contribution in [0.15, 0.2) is 43.0 Å². The zero-order valence-corrected chi connectivity index (χ0v) is 19.3. The number of amides is 1. The number of hydrogen-bond acceptors (Lipinski definition) is 7. The number of ether oxygens (including phenoxy) is 1. The number of carbonyl (C=O) groups excluding carboxylic acids is 1. The van der Waals surface area contributed by atoms with Gasteiger partial charge in [-0.05, 0) is 50.4 Å². The molecule has 4 rings (SSSR count). The van der Waals surface area contributed by atoms with Gasteiger partial charge in [-0.15, -0.1) is 0 Å². The van der Waals surface area contributed by atoms with Crippen molar-refractivity contribution in [2.75, 3.05) is 25.1 Å². The Kier molecular flexibility index (Phi) is 7.54. The molecule has 3 heterocycles. The van der Waals surface area contributed by atoms with E-state index in [0.717, 1.165) is 37.2 Å². The van der Waals surface area contributed by atoms with Crippen molar-refractivity contribution in [3.8, 4) is 5.82 Å². The molecule has 4 N–H and O–H groups in total. The van der Waals surface area contributed by atoms with E-state index in [1.54, 1.807) is 29.4 Å². The number of imidazole rings is 1. The van der Waals surface area contributed by atoms with Gasteiger partial charge in [-0.1, -0.05) is 23.7 Å². The van der Waals surface area contributed by atoms with E-state index >= 15 is 0 Å². The first kappa shape index (κ1) is 23.2. The predicted octanol–water partition coefficient (Wildman–Crippen LogP) is 3.03. The molecule has 1 aromatic carbocycles. The quantitative estimate of drug-likeness (QED) is 0.463. The molecule has 1 saturated heterocycles. The molecule has 2 aromatic heterocycles. The summed E-state index contributed by atoms with van der Waals surface area (Å²) in [4.78, 5) is 26.3. The minimum atomic E-state index is -0.292. The highest BCUT2D eigenvalue weighted by molar-refractivity contribution is 6.30. The fraction of sp³-hybridized carbons (Fsp3) is 0.391. The van der Waals surface area contributed by atoms with Gasteiger partial charge in [-0.3, -0.25) is 9.36 Å². The standard InChI is InChI=1S/C23H28ClN7O2/c1-15-12-26-23(28-18-6-9-33-10-7-18)30-21(15)31-13-20(27-14-31)22(32)29-19(5-8-25)16-3-2-4-17(24)11-16/h2-4,11-14,18-19H,5-10,25H2,1H3,(H,29,32)(H,26,28,30)/t19-/m0/s1. The minimum absolute atomic E-state index is 0.262. The third-order valence-electron chi connectivity index (χ3n) is 5.57. The van der Waals surface area contributed by atoms with E-state index in [0.29, 0.717) is 29.8 Å². The summed E-state index contributed by atoms with van der Waals surface area (Å²) in [7, 11) is 0. The van der Waals surface area contributed by atoms with E-state index in [1.165, 1.54) is 0 Å². The molecule has 0 bridgehead atoms. The monoisotopic (exact) mass is 469 g/mol. The number of rotatable bonds is 8. The predicted molar refractivity (Wildman–Crippen MR) is 127 cm³/mol. The van der Waals surface area contributed by atoms with E-state index in [1.807, 2.05) is 25.1 Å². The van der Waals surface area contributed by atoms with Gasteiger partial charge in [0.15, 0.2) is 0 Å². The number of nitrogens with one attached hydrogen (secondary N) is 2. The van der Waals surface area contributed by atoms with E-state index < -0.39 is 0 Å². The van der Waals surface area contributed by atoms with Crippen molar-refractivity contribution < 1.29 is 9.53 Å². The third-order valence-corrected chi connectivity index (χ3v) is 5.81. The van der Waals surface area contributed by atoms with Crippen LogP contribution in [0.25, 0.3) is 5.82 Å². The van der Waals surface area contributed by atoms with Crippen LogP contribution in [0.4, 0.5) is 5.95 Å². The zero-order valence-electron chi connectivity index (χ0n) is 18.5. The lowest BCUT2D eigenvalue weighted by Gasteiger charge is -2.23. The highest BCUT2D eigenvalue weighted by Crippen LogP contribution is 2.21. The lowest BCUT2D eigenvalue weighted by atomic mass is 10.0. The number of carbonyl (C=O) groups is 1. The number of nitrogens with two attached hydrogens (primary N) is 1. The van der Waals surface area contributed by atoms with Gasteiger partial charge in [-0.25, -0.2) is 9.97 Å². The van der Waals surface area contributed by atoms with E-state index in [-0.39, 0.29) is 23.7 Å². The fourth-order valence-electron chi connectivity index (χ4n) is 3.79. The molecule has 0 spiro atoms. The summed E-state index contributed by atoms with van der Waals surface area (Å²) in [5, 5.41) is 6.99. The summed E-state index contributed by atoms with van der Waals surface area (Å²) in [5.41, 5.74) is 7.83. The number of nitrogens with zero attached hydrogens (tertiary/aromatic N) is 4. The summed E-state index contributed by atoms with van der Waals surface area (Å²) < 4.78 is 7.14. The van der Waals surface area contributed by atoms with Crippen LogP contribution in [0.1, 0.15) is 46.9 Å². The van der Waals surface area contributed by atoms with Crippen molar-refractivity contribution in [3.05, 3.63) is 64.8 Å². The lowest BCUT2D eigenvalue weighted by molar-refractivity contribution is 0.0903. The third kappa shape index (κ3) is 5.87. The van der Waals surface area contributed by atoms with Gasteiger partial charge in [0, 0.05) is 42.2 Å². The molecule has 174 valence electrons. The fourth-order valence-corrected chi connectivity index (χ4v) is 3.99. The molecule has 1 aliphatic rings. The summed E-state index contributed by atoms with van der Waals surface area (Å²) in [5.74, 6) is 0.921. The molecule has 1 amide bonds. The van der Waals surface area contributed by atoms with Gasteiger partial charge in [0.1, 0.15) is 17.8 Å². The summed E-state index contributed by atoms with van der Waals surface area (Å²) in [6.07, 6.45) is 7.43. The Bertz CT molecular complexity index is 1100. The molecule has 33 heavy (non-hydrogen) atoms. The van der Waals surface area contributed by atoms with Crippen molar-refractivity contribution in [2.45, 2.75) is 38.3 Å². The number of hydrogen-bond donors (Lipinski definition) is 3. The SMILES string of the molecule is Cc1cnc(NC2CCOCC2)nc1-n1cnc(C(=O)N[C@@H](CCN)c2cccc(Cl)c2)c1. The second kappa shape index (κ2) is 10.7. The van der Waals surface area contributed by atoms with Crippen molar-refractivity contribution in [3.63, 3.8) is 0 Å². The van der Waals surface area contributed by atoms with Crippen LogP contribution < -0.4 is 16.4 Å². The highest BCUT2D eigenvalue weighted by atomic mass is 35.5. The molecule has 1 fully saturated rings. The Morgan fingerprint density at radius 3 is 2.91 bits per heavy atom. The van der Waals surface area contributed by atoms with Crippen molar-refractivity contribution >= 4 is 23.5 Å². The van der Waals surface area contributed by atoms with Crippen LogP contribution >= 0.6 is 11.6 Å². The Labute approximate surface area is 197 Å². The van der Waals surface area contributed by atoms with Gasteiger partial charge in [0.25, 0.3) is 5.91 Å². The molecule has 0 aliphatic carbocycles. The maximum absolute atomic E-state index is 12.9. The smallest absolute Gasteiger partial charge is 0.271 e. The van der Waals surface area contributed by atoms with Crippen LogP contribution in [-0.4, -0.2) is 51.2 Å². The molecular weight excluding hydrogens is 442 g/mol. The second-order valence-corrected chi connectivity index (χ2v) is 8.49. The normalized spacial score (nSPS) is 15.2. The van der Waals surface area contributed by atoms with Crippen molar-refractivity contribution in [2.24, 2.45) is 5.73 Å². The van der Waals surface area contributed by atoms with Crippen molar-refractivity contribution in [1.82, 2.24) is 24.8 Å². The molecule has 0 radical (unpaired) electrons. The van der Waals surface area contributed by atoms with Gasteiger partial charge in [-0.2, -0.15) is 4.98 Å². The van der Waals surface area contributed by atoms with Gasteiger partial charge in [0.05, 0.1) is 6.04 Å². The van der Waals surface area contributed by atoms with Crippen LogP contribution in [0, 0.1) is 6.92 Å². The average molecular weight is 470 g/mol. The lowest BCUT2D eigenvalue weighted by Crippen LogP contribution is -2.30. The summed E-state index contributed by atoms with van der Waals surface area (Å²) in [6, 6.07) is 7.42. The second-order valence-electron chi connectivity index (χ2n) is 8.06. The first-order chi connectivity index (χ1) is 16.0. The van der Waals surface area contributed by atoms with Crippen molar-refractivity contribution in [1.29, 1.82) is 0 Å². The Hall–Kier alpha value is -3.01. The molecule has 0 saturated carbocycles. The maximum atomic E-state index is 12.9. The highest BCUT2D eigenvalue weighted by Gasteiger charge is 2.19. The summed E-state index contributed by atoms with van der Waals surface area (Å²) >= 11 is 6.12. The van der Waals surface area contributed by atoms with Gasteiger partial charge < -0.3 is 21.1 Å². The van der Waals surface area contributed by atoms with Gasteiger partial charge >= 0.3 is 0 Å². The average Bonchev–Trinajstić information content (AvgIpc) is 3.31. The molecule has 9 nitrogen and oxygen atoms in total. The first-order valence-electron chi connectivity index (χ1n) is 11.0. The topological polar surface area (TPSA) is 120 Å². The number of aryl methyl sites for hydroxylation is 1. The number of halogens is 1. The molecule has 10 heteroatoms. The Morgan fingerprint density at radius 2 is 2.15 bits per heavy atom. The van der Waals surface area contributed by atoms with Crippen LogP contribution in [0.2, 0.25) is 5.02 Å².